The maximum absolute atomic E-state index is 5.03. The predicted molar refractivity (Wildman–Crippen MR) is 160 cm³/mol. The standard InChI is InChI=1S/C18H24S.C18H24/c1-18-9-4-7-15(18)17-14(8-10-18)13-6-3-2-5-12(13)11-16(17)19;1-18-11-4-7-17(18)16-9-8-13-5-2-3-6-14(13)15(16)10-12-18/h2-3,5-6,14-17,19H,4,7-11H2,1H3;2-3,5-6,15-17H,4,7-12H2,1H3/t14-,15+,16-,17-,18+;15?,16?,17?,18-/m10/s1. The zero-order valence-electron chi connectivity index (χ0n) is 23.3. The highest BCUT2D eigenvalue weighted by Gasteiger charge is 2.52. The van der Waals surface area contributed by atoms with E-state index in [0.29, 0.717) is 16.1 Å². The minimum absolute atomic E-state index is 0.586. The van der Waals surface area contributed by atoms with Gasteiger partial charge >= 0.3 is 0 Å². The maximum atomic E-state index is 5.03. The summed E-state index contributed by atoms with van der Waals surface area (Å²) in [4.78, 5) is 0. The lowest BCUT2D eigenvalue weighted by Gasteiger charge is -2.51. The van der Waals surface area contributed by atoms with Crippen molar-refractivity contribution in [3.8, 4) is 0 Å². The Morgan fingerprint density at radius 2 is 1.24 bits per heavy atom. The molecule has 0 radical (unpaired) electrons. The van der Waals surface area contributed by atoms with E-state index in [4.69, 9.17) is 12.6 Å². The number of benzene rings is 2. The fraction of sp³-hybridized carbons (Fsp3) is 0.667. The summed E-state index contributed by atoms with van der Waals surface area (Å²) in [7, 11) is 0. The van der Waals surface area contributed by atoms with Crippen molar-refractivity contribution in [2.75, 3.05) is 0 Å². The lowest BCUT2D eigenvalue weighted by atomic mass is 9.55. The van der Waals surface area contributed by atoms with Gasteiger partial charge in [0.05, 0.1) is 0 Å². The smallest absolute Gasteiger partial charge is 0.00942 e. The lowest BCUT2D eigenvalue weighted by Crippen LogP contribution is -2.44. The third-order valence-electron chi connectivity index (χ3n) is 12.9. The quantitative estimate of drug-likeness (QED) is 0.334. The largest absolute Gasteiger partial charge is 0.175 e. The third-order valence-corrected chi connectivity index (χ3v) is 13.4. The van der Waals surface area contributed by atoms with Crippen molar-refractivity contribution in [1.29, 1.82) is 0 Å². The zero-order chi connectivity index (χ0) is 25.2. The Hall–Kier alpha value is -1.21. The molecule has 9 atom stereocenters. The molecule has 2 aromatic carbocycles. The number of fused-ring (bicyclic) bond motifs is 10. The van der Waals surface area contributed by atoms with Crippen LogP contribution in [0.2, 0.25) is 0 Å². The SMILES string of the molecule is C[C@@]12CCCC1C1CCc3ccccc3C1CC2.C[C@@]12CCC[C@H]1[C@@H]1[C@H](S)Cc3ccccc3[C@H]1CC2. The minimum Gasteiger partial charge on any atom is -0.175 e. The number of rotatable bonds is 0. The molecule has 2 aromatic rings. The van der Waals surface area contributed by atoms with Gasteiger partial charge in [-0.05, 0) is 139 Å². The summed E-state index contributed by atoms with van der Waals surface area (Å²) in [6, 6.07) is 18.4. The van der Waals surface area contributed by atoms with Crippen LogP contribution in [0.1, 0.15) is 119 Å². The van der Waals surface area contributed by atoms with Crippen LogP contribution in [0.4, 0.5) is 0 Å². The molecule has 1 heteroatoms. The lowest BCUT2D eigenvalue weighted by molar-refractivity contribution is 0.0598. The Labute approximate surface area is 231 Å². The number of aryl methyl sites for hydroxylation is 1. The summed E-state index contributed by atoms with van der Waals surface area (Å²) >= 11 is 5.03. The average molecular weight is 513 g/mol. The number of hydrogen-bond acceptors (Lipinski definition) is 1. The highest BCUT2D eigenvalue weighted by atomic mass is 32.1. The summed E-state index contributed by atoms with van der Waals surface area (Å²) in [6.07, 6.45) is 18.6. The molecule has 0 heterocycles. The molecule has 37 heavy (non-hydrogen) atoms. The predicted octanol–water partition coefficient (Wildman–Crippen LogP) is 9.77. The van der Waals surface area contributed by atoms with Gasteiger partial charge in [0, 0.05) is 5.25 Å². The van der Waals surface area contributed by atoms with E-state index in [1.807, 2.05) is 0 Å². The number of thiol groups is 1. The van der Waals surface area contributed by atoms with Gasteiger partial charge in [-0.2, -0.15) is 12.6 Å². The van der Waals surface area contributed by atoms with Crippen LogP contribution in [0.3, 0.4) is 0 Å². The van der Waals surface area contributed by atoms with Gasteiger partial charge < -0.3 is 0 Å². The van der Waals surface area contributed by atoms with E-state index in [0.717, 1.165) is 35.5 Å². The van der Waals surface area contributed by atoms with Crippen LogP contribution in [-0.2, 0) is 12.8 Å². The normalized spacial score (nSPS) is 43.2. The van der Waals surface area contributed by atoms with Gasteiger partial charge in [0.15, 0.2) is 0 Å². The van der Waals surface area contributed by atoms with Crippen LogP contribution in [0, 0.1) is 34.5 Å². The van der Waals surface area contributed by atoms with Crippen LogP contribution >= 0.6 is 12.6 Å². The van der Waals surface area contributed by atoms with Crippen molar-refractivity contribution in [3.05, 3.63) is 70.8 Å². The first-order valence-corrected chi connectivity index (χ1v) is 16.3. The molecule has 0 amide bonds. The molecule has 6 aliphatic rings. The summed E-state index contributed by atoms with van der Waals surface area (Å²) in [5.74, 6) is 5.49. The molecule has 4 fully saturated rings. The van der Waals surface area contributed by atoms with Crippen LogP contribution in [0.25, 0.3) is 0 Å². The molecule has 6 aliphatic carbocycles. The summed E-state index contributed by atoms with van der Waals surface area (Å²) in [5, 5.41) is 0.586. The Bertz CT molecular complexity index is 1130. The third kappa shape index (κ3) is 4.08. The molecule has 8 rings (SSSR count). The van der Waals surface area contributed by atoms with E-state index < -0.39 is 0 Å². The van der Waals surface area contributed by atoms with E-state index in [1.54, 1.807) is 22.3 Å². The fourth-order valence-corrected chi connectivity index (χ4v) is 11.7. The van der Waals surface area contributed by atoms with Crippen LogP contribution in [-0.4, -0.2) is 5.25 Å². The molecular formula is C36H48S. The van der Waals surface area contributed by atoms with Crippen molar-refractivity contribution in [3.63, 3.8) is 0 Å². The molecule has 0 spiro atoms. The van der Waals surface area contributed by atoms with Crippen molar-refractivity contribution in [2.24, 2.45) is 34.5 Å². The van der Waals surface area contributed by atoms with Gasteiger partial charge in [-0.15, -0.1) is 0 Å². The van der Waals surface area contributed by atoms with E-state index in [2.05, 4.69) is 62.4 Å². The second-order valence-corrected chi connectivity index (χ2v) is 15.2. The molecule has 3 unspecified atom stereocenters. The van der Waals surface area contributed by atoms with Crippen molar-refractivity contribution in [1.82, 2.24) is 0 Å². The van der Waals surface area contributed by atoms with Gasteiger partial charge in [0.1, 0.15) is 0 Å². The molecule has 4 saturated carbocycles. The Kier molecular flexibility index (Phi) is 6.34. The number of hydrogen-bond donors (Lipinski definition) is 1. The zero-order valence-corrected chi connectivity index (χ0v) is 24.2. The van der Waals surface area contributed by atoms with Gasteiger partial charge in [0.2, 0.25) is 0 Å². The summed E-state index contributed by atoms with van der Waals surface area (Å²) < 4.78 is 0. The Balaban J connectivity index is 0.000000125. The summed E-state index contributed by atoms with van der Waals surface area (Å²) in [5.41, 5.74) is 7.93. The van der Waals surface area contributed by atoms with Crippen LogP contribution in [0.15, 0.2) is 48.5 Å². The van der Waals surface area contributed by atoms with Gasteiger partial charge in [-0.1, -0.05) is 75.2 Å². The van der Waals surface area contributed by atoms with Crippen LogP contribution in [0.5, 0.6) is 0 Å². The molecule has 0 aromatic heterocycles. The highest BCUT2D eigenvalue weighted by molar-refractivity contribution is 7.81. The van der Waals surface area contributed by atoms with E-state index in [9.17, 15) is 0 Å². The Morgan fingerprint density at radius 3 is 2.00 bits per heavy atom. The topological polar surface area (TPSA) is 0 Å². The van der Waals surface area contributed by atoms with Crippen molar-refractivity contribution >= 4 is 12.6 Å². The van der Waals surface area contributed by atoms with E-state index in [1.165, 1.54) is 83.5 Å². The molecular weight excluding hydrogens is 464 g/mol. The molecule has 0 N–H and O–H groups in total. The first-order chi connectivity index (χ1) is 18.0. The Morgan fingerprint density at radius 1 is 0.649 bits per heavy atom. The molecule has 0 nitrogen and oxygen atoms in total. The fourth-order valence-electron chi connectivity index (χ4n) is 11.0. The minimum atomic E-state index is 0.586. The second kappa shape index (κ2) is 9.46. The molecule has 0 aliphatic heterocycles. The van der Waals surface area contributed by atoms with Crippen LogP contribution < -0.4 is 0 Å². The van der Waals surface area contributed by atoms with Gasteiger partial charge in [-0.25, -0.2) is 0 Å². The van der Waals surface area contributed by atoms with Crippen molar-refractivity contribution < 1.29 is 0 Å². The summed E-state index contributed by atoms with van der Waals surface area (Å²) in [6.45, 7) is 5.14. The van der Waals surface area contributed by atoms with Crippen molar-refractivity contribution in [2.45, 2.75) is 114 Å². The molecule has 0 bridgehead atoms. The van der Waals surface area contributed by atoms with Gasteiger partial charge in [-0.3, -0.25) is 0 Å². The molecule has 0 saturated heterocycles. The average Bonchev–Trinajstić information content (AvgIpc) is 3.51. The second-order valence-electron chi connectivity index (χ2n) is 14.5. The van der Waals surface area contributed by atoms with E-state index in [-0.39, 0.29) is 0 Å². The first kappa shape index (κ1) is 24.8. The monoisotopic (exact) mass is 512 g/mol. The first-order valence-electron chi connectivity index (χ1n) is 15.8. The molecule has 198 valence electrons. The highest BCUT2D eigenvalue weighted by Crippen LogP contribution is 2.62. The van der Waals surface area contributed by atoms with E-state index >= 15 is 0 Å². The van der Waals surface area contributed by atoms with Gasteiger partial charge in [0.25, 0.3) is 0 Å². The maximum Gasteiger partial charge on any atom is 0.00942 e.